The first kappa shape index (κ1) is 21.1. The first-order valence-corrected chi connectivity index (χ1v) is 10.9. The molecule has 160 valence electrons. The van der Waals surface area contributed by atoms with Crippen molar-refractivity contribution in [2.45, 2.75) is 32.4 Å². The fourth-order valence-corrected chi connectivity index (χ4v) is 4.08. The van der Waals surface area contributed by atoms with Crippen molar-refractivity contribution in [3.05, 3.63) is 77.9 Å². The second kappa shape index (κ2) is 9.31. The average Bonchev–Trinajstić information content (AvgIpc) is 3.65. The summed E-state index contributed by atoms with van der Waals surface area (Å²) in [6.07, 6.45) is 2.26. The fraction of sp³-hybridized carbons (Fsp3) is 0.308. The van der Waals surface area contributed by atoms with Gasteiger partial charge in [-0.05, 0) is 48.9 Å². The number of amides is 2. The summed E-state index contributed by atoms with van der Waals surface area (Å²) in [6, 6.07) is 22.4. The van der Waals surface area contributed by atoms with Crippen LogP contribution in [0.3, 0.4) is 0 Å². The summed E-state index contributed by atoms with van der Waals surface area (Å²) in [5, 5.41) is 4.88. The van der Waals surface area contributed by atoms with Crippen LogP contribution in [0.2, 0.25) is 0 Å². The summed E-state index contributed by atoms with van der Waals surface area (Å²) >= 11 is 0. The molecule has 0 atom stereocenters. The Kier molecular flexibility index (Phi) is 6.33. The van der Waals surface area contributed by atoms with E-state index in [0.29, 0.717) is 31.2 Å². The number of benzene rings is 3. The Hall–Kier alpha value is -3.18. The molecule has 1 fully saturated rings. The molecule has 0 bridgehead atoms. The lowest BCUT2D eigenvalue weighted by molar-refractivity contribution is -0.120. The van der Waals surface area contributed by atoms with E-state index in [1.165, 1.54) is 0 Å². The molecule has 1 aliphatic carbocycles. The SMILES string of the molecule is CCN(C(=O)CN(Cc1ccc(C(=O)NC)cc1)C1CC1)c1cccc2ccccc12. The summed E-state index contributed by atoms with van der Waals surface area (Å²) in [4.78, 5) is 29.3. The van der Waals surface area contributed by atoms with Gasteiger partial charge >= 0.3 is 0 Å². The lowest BCUT2D eigenvalue weighted by atomic mass is 10.1. The molecule has 0 heterocycles. The van der Waals surface area contributed by atoms with E-state index >= 15 is 0 Å². The number of anilines is 1. The summed E-state index contributed by atoms with van der Waals surface area (Å²) in [7, 11) is 1.63. The van der Waals surface area contributed by atoms with Gasteiger partial charge in [0, 0.05) is 37.1 Å². The molecular formula is C26H29N3O2. The number of nitrogens with zero attached hydrogens (tertiary/aromatic N) is 2. The van der Waals surface area contributed by atoms with Crippen LogP contribution < -0.4 is 10.2 Å². The first-order chi connectivity index (χ1) is 15.1. The Morgan fingerprint density at radius 1 is 0.968 bits per heavy atom. The summed E-state index contributed by atoms with van der Waals surface area (Å²) in [5.74, 6) is 0.0298. The van der Waals surface area contributed by atoms with Crippen LogP contribution in [-0.2, 0) is 11.3 Å². The minimum Gasteiger partial charge on any atom is -0.355 e. The molecule has 1 N–H and O–H groups in total. The average molecular weight is 416 g/mol. The van der Waals surface area contributed by atoms with E-state index in [-0.39, 0.29) is 11.8 Å². The fourth-order valence-electron chi connectivity index (χ4n) is 4.08. The highest BCUT2D eigenvalue weighted by Crippen LogP contribution is 2.30. The third-order valence-electron chi connectivity index (χ3n) is 5.91. The molecule has 0 radical (unpaired) electrons. The third-order valence-corrected chi connectivity index (χ3v) is 5.91. The first-order valence-electron chi connectivity index (χ1n) is 10.9. The maximum absolute atomic E-state index is 13.4. The molecule has 0 aromatic heterocycles. The van der Waals surface area contributed by atoms with E-state index in [4.69, 9.17) is 0 Å². The molecule has 0 saturated heterocycles. The van der Waals surface area contributed by atoms with E-state index < -0.39 is 0 Å². The Balaban J connectivity index is 1.51. The Morgan fingerprint density at radius 2 is 1.68 bits per heavy atom. The predicted octanol–water partition coefficient (Wildman–Crippen LogP) is 4.22. The zero-order valence-electron chi connectivity index (χ0n) is 18.2. The van der Waals surface area contributed by atoms with Crippen molar-refractivity contribution in [2.75, 3.05) is 25.0 Å². The second-order valence-electron chi connectivity index (χ2n) is 8.05. The van der Waals surface area contributed by atoms with Crippen molar-refractivity contribution >= 4 is 28.3 Å². The van der Waals surface area contributed by atoms with Gasteiger partial charge in [-0.15, -0.1) is 0 Å². The minimum absolute atomic E-state index is 0.0885. The molecule has 5 nitrogen and oxygen atoms in total. The van der Waals surface area contributed by atoms with Crippen LogP contribution in [0.15, 0.2) is 66.7 Å². The molecule has 1 aliphatic rings. The monoisotopic (exact) mass is 415 g/mol. The number of rotatable bonds is 8. The van der Waals surface area contributed by atoms with E-state index in [1.54, 1.807) is 7.05 Å². The van der Waals surface area contributed by atoms with Crippen molar-refractivity contribution in [1.29, 1.82) is 0 Å². The second-order valence-corrected chi connectivity index (χ2v) is 8.05. The van der Waals surface area contributed by atoms with Gasteiger partial charge in [-0.1, -0.05) is 48.5 Å². The number of fused-ring (bicyclic) bond motifs is 1. The zero-order chi connectivity index (χ0) is 21.8. The molecule has 5 heteroatoms. The predicted molar refractivity (Wildman–Crippen MR) is 125 cm³/mol. The van der Waals surface area contributed by atoms with E-state index in [1.807, 2.05) is 60.4 Å². The van der Waals surface area contributed by atoms with Crippen LogP contribution in [-0.4, -0.2) is 42.9 Å². The van der Waals surface area contributed by atoms with Crippen LogP contribution in [0.5, 0.6) is 0 Å². The molecule has 0 spiro atoms. The number of hydrogen-bond donors (Lipinski definition) is 1. The van der Waals surface area contributed by atoms with Gasteiger partial charge in [0.15, 0.2) is 0 Å². The van der Waals surface area contributed by atoms with Crippen molar-refractivity contribution in [3.8, 4) is 0 Å². The van der Waals surface area contributed by atoms with Crippen LogP contribution in [0, 0.1) is 0 Å². The Labute approximate surface area is 183 Å². The smallest absolute Gasteiger partial charge is 0.251 e. The summed E-state index contributed by atoms with van der Waals surface area (Å²) in [5.41, 5.74) is 2.73. The lowest BCUT2D eigenvalue weighted by Gasteiger charge is -2.28. The van der Waals surface area contributed by atoms with Crippen molar-refractivity contribution < 1.29 is 9.59 Å². The highest BCUT2D eigenvalue weighted by atomic mass is 16.2. The third kappa shape index (κ3) is 4.78. The molecule has 2 amide bonds. The van der Waals surface area contributed by atoms with Gasteiger partial charge in [0.1, 0.15) is 0 Å². The Bertz CT molecular complexity index is 1070. The quantitative estimate of drug-likeness (QED) is 0.599. The van der Waals surface area contributed by atoms with Crippen molar-refractivity contribution in [2.24, 2.45) is 0 Å². The number of carbonyl (C=O) groups is 2. The van der Waals surface area contributed by atoms with Gasteiger partial charge < -0.3 is 10.2 Å². The molecule has 0 aliphatic heterocycles. The van der Waals surface area contributed by atoms with Gasteiger partial charge in [0.25, 0.3) is 5.91 Å². The molecule has 3 aromatic rings. The topological polar surface area (TPSA) is 52.7 Å². The van der Waals surface area contributed by atoms with E-state index in [2.05, 4.69) is 28.4 Å². The van der Waals surface area contributed by atoms with Gasteiger partial charge in [-0.25, -0.2) is 0 Å². The number of nitrogens with one attached hydrogen (secondary N) is 1. The van der Waals surface area contributed by atoms with E-state index in [0.717, 1.165) is 34.9 Å². The van der Waals surface area contributed by atoms with Gasteiger partial charge in [0.05, 0.1) is 12.2 Å². The molecule has 3 aromatic carbocycles. The van der Waals surface area contributed by atoms with Gasteiger partial charge in [-0.3, -0.25) is 14.5 Å². The minimum atomic E-state index is -0.0885. The zero-order valence-corrected chi connectivity index (χ0v) is 18.2. The van der Waals surface area contributed by atoms with Crippen LogP contribution in [0.1, 0.15) is 35.7 Å². The number of likely N-dealkylation sites (N-methyl/N-ethyl adjacent to an activating group) is 1. The molecule has 1 saturated carbocycles. The number of hydrogen-bond acceptors (Lipinski definition) is 3. The van der Waals surface area contributed by atoms with Crippen LogP contribution in [0.4, 0.5) is 5.69 Å². The maximum Gasteiger partial charge on any atom is 0.251 e. The van der Waals surface area contributed by atoms with Crippen LogP contribution >= 0.6 is 0 Å². The van der Waals surface area contributed by atoms with Gasteiger partial charge in [-0.2, -0.15) is 0 Å². The molecular weight excluding hydrogens is 386 g/mol. The van der Waals surface area contributed by atoms with Gasteiger partial charge in [0.2, 0.25) is 5.91 Å². The highest BCUT2D eigenvalue weighted by molar-refractivity contribution is 6.04. The summed E-state index contributed by atoms with van der Waals surface area (Å²) in [6.45, 7) is 3.75. The highest BCUT2D eigenvalue weighted by Gasteiger charge is 2.31. The van der Waals surface area contributed by atoms with E-state index in [9.17, 15) is 9.59 Å². The number of carbonyl (C=O) groups excluding carboxylic acids is 2. The largest absolute Gasteiger partial charge is 0.355 e. The molecule has 4 rings (SSSR count). The van der Waals surface area contributed by atoms with Crippen molar-refractivity contribution in [3.63, 3.8) is 0 Å². The van der Waals surface area contributed by atoms with Crippen molar-refractivity contribution in [1.82, 2.24) is 10.2 Å². The lowest BCUT2D eigenvalue weighted by Crippen LogP contribution is -2.41. The van der Waals surface area contributed by atoms with Crippen LogP contribution in [0.25, 0.3) is 10.8 Å². The summed E-state index contributed by atoms with van der Waals surface area (Å²) < 4.78 is 0. The molecule has 0 unspecified atom stereocenters. The Morgan fingerprint density at radius 3 is 2.35 bits per heavy atom. The maximum atomic E-state index is 13.4. The standard InChI is InChI=1S/C26H29N3O2/c1-3-29(24-10-6-8-20-7-4-5-9-23(20)24)25(30)18-28(22-15-16-22)17-19-11-13-21(14-12-19)26(31)27-2/h4-14,22H,3,15-18H2,1-2H3,(H,27,31). The molecule has 31 heavy (non-hydrogen) atoms. The normalized spacial score (nSPS) is 13.4.